The van der Waals surface area contributed by atoms with E-state index in [0.29, 0.717) is 17.4 Å². The molecule has 2 heteroatoms. The smallest absolute Gasteiger partial charge is 0.0655 e. The Kier molecular flexibility index (Phi) is 6.02. The summed E-state index contributed by atoms with van der Waals surface area (Å²) < 4.78 is 0. The lowest BCUT2D eigenvalue weighted by Gasteiger charge is -2.28. The third-order valence-corrected chi connectivity index (χ3v) is 5.86. The van der Waals surface area contributed by atoms with Gasteiger partial charge < -0.3 is 0 Å². The van der Waals surface area contributed by atoms with Crippen molar-refractivity contribution in [1.82, 2.24) is 0 Å². The van der Waals surface area contributed by atoms with E-state index >= 15 is 0 Å². The van der Waals surface area contributed by atoms with E-state index in [0.717, 1.165) is 0 Å². The molecular weight excluding hydrogens is 237 g/mol. The molecule has 0 atom stereocenters. The van der Waals surface area contributed by atoms with Gasteiger partial charge in [-0.2, -0.15) is 0 Å². The van der Waals surface area contributed by atoms with E-state index in [4.69, 9.17) is 4.99 Å². The van der Waals surface area contributed by atoms with Crippen LogP contribution in [0.15, 0.2) is 35.3 Å². The minimum absolute atomic E-state index is 0.201. The maximum atomic E-state index is 4.94. The number of hydrogen-bond donors (Lipinski definition) is 0. The Labute approximate surface area is 113 Å². The fraction of sp³-hybridized carbons (Fsp3) is 0.562. The Balaban J connectivity index is 3.21. The Hall–Kier alpha value is -0.680. The molecule has 100 valence electrons. The first-order valence-electron chi connectivity index (χ1n) is 6.85. The van der Waals surface area contributed by atoms with Crippen molar-refractivity contribution in [2.24, 2.45) is 4.99 Å². The first kappa shape index (κ1) is 15.4. The first-order chi connectivity index (χ1) is 8.43. The quantitative estimate of drug-likeness (QED) is 0.515. The minimum atomic E-state index is -0.201. The molecule has 0 aliphatic heterocycles. The molecule has 0 radical (unpaired) electrons. The van der Waals surface area contributed by atoms with Gasteiger partial charge in [0.15, 0.2) is 0 Å². The van der Waals surface area contributed by atoms with Crippen LogP contribution in [0.5, 0.6) is 0 Å². The summed E-state index contributed by atoms with van der Waals surface area (Å²) in [6.45, 7) is 13.6. The molecule has 1 aromatic carbocycles. The van der Waals surface area contributed by atoms with Crippen LogP contribution in [0.1, 0.15) is 47.1 Å². The van der Waals surface area contributed by atoms with E-state index < -0.39 is 0 Å². The highest BCUT2D eigenvalue weighted by atomic mass is 31.1. The van der Waals surface area contributed by atoms with E-state index in [1.165, 1.54) is 11.0 Å². The van der Waals surface area contributed by atoms with Crippen LogP contribution < -0.4 is 0 Å². The van der Waals surface area contributed by atoms with Gasteiger partial charge in [-0.15, -0.1) is 0 Å². The predicted octanol–water partition coefficient (Wildman–Crippen LogP) is 5.14. The standard InChI is InChI=1S/C16H26NP/c1-12(2)17-16(15-10-8-7-9-11-15)18(13(3)4)14(5)6/h7-14H,1-6H3. The van der Waals surface area contributed by atoms with Crippen LogP contribution in [-0.2, 0) is 0 Å². The summed E-state index contributed by atoms with van der Waals surface area (Å²) >= 11 is 0. The van der Waals surface area contributed by atoms with Crippen molar-refractivity contribution < 1.29 is 0 Å². The van der Waals surface area contributed by atoms with Gasteiger partial charge in [0, 0.05) is 11.6 Å². The van der Waals surface area contributed by atoms with Gasteiger partial charge in [-0.1, -0.05) is 58.0 Å². The predicted molar refractivity (Wildman–Crippen MR) is 85.3 cm³/mol. The number of aliphatic imine (C=N–C) groups is 1. The molecule has 0 spiro atoms. The van der Waals surface area contributed by atoms with Gasteiger partial charge in [0.25, 0.3) is 0 Å². The maximum absolute atomic E-state index is 4.94. The molecule has 1 nitrogen and oxygen atoms in total. The van der Waals surface area contributed by atoms with E-state index in [1.54, 1.807) is 0 Å². The topological polar surface area (TPSA) is 12.4 Å². The van der Waals surface area contributed by atoms with E-state index in [9.17, 15) is 0 Å². The van der Waals surface area contributed by atoms with E-state index in [-0.39, 0.29) is 7.92 Å². The first-order valence-corrected chi connectivity index (χ1v) is 8.33. The van der Waals surface area contributed by atoms with Crippen LogP contribution >= 0.6 is 7.92 Å². The van der Waals surface area contributed by atoms with Crippen LogP contribution in [0.25, 0.3) is 0 Å². The van der Waals surface area contributed by atoms with Crippen molar-refractivity contribution in [3.8, 4) is 0 Å². The molecule has 0 amide bonds. The molecule has 0 N–H and O–H groups in total. The molecule has 1 aromatic rings. The SMILES string of the molecule is CC(C)N=C(c1ccccc1)P(C(C)C)C(C)C. The van der Waals surface area contributed by atoms with Gasteiger partial charge in [-0.3, -0.25) is 4.99 Å². The molecule has 0 fully saturated rings. The Morgan fingerprint density at radius 3 is 1.78 bits per heavy atom. The highest BCUT2D eigenvalue weighted by molar-refractivity contribution is 7.77. The van der Waals surface area contributed by atoms with Crippen molar-refractivity contribution in [3.05, 3.63) is 35.9 Å². The summed E-state index contributed by atoms with van der Waals surface area (Å²) in [7, 11) is -0.201. The molecule has 0 aliphatic carbocycles. The fourth-order valence-electron chi connectivity index (χ4n) is 2.21. The monoisotopic (exact) mass is 263 g/mol. The Morgan fingerprint density at radius 2 is 1.39 bits per heavy atom. The second-order valence-electron chi connectivity index (χ2n) is 5.51. The summed E-state index contributed by atoms with van der Waals surface area (Å²) in [5, 5.41) is 0. The Morgan fingerprint density at radius 1 is 0.889 bits per heavy atom. The van der Waals surface area contributed by atoms with Crippen LogP contribution in [0.2, 0.25) is 0 Å². The lowest BCUT2D eigenvalue weighted by Crippen LogP contribution is -2.15. The van der Waals surface area contributed by atoms with Crippen LogP contribution in [0.4, 0.5) is 0 Å². The molecule has 1 rings (SSSR count). The van der Waals surface area contributed by atoms with Gasteiger partial charge in [0.05, 0.1) is 5.45 Å². The average Bonchev–Trinajstić information content (AvgIpc) is 2.27. The van der Waals surface area contributed by atoms with Crippen LogP contribution in [-0.4, -0.2) is 22.8 Å². The molecule has 0 bridgehead atoms. The summed E-state index contributed by atoms with van der Waals surface area (Å²) in [4.78, 5) is 4.94. The number of benzene rings is 1. The second-order valence-corrected chi connectivity index (χ2v) is 8.81. The minimum Gasteiger partial charge on any atom is -0.282 e. The molecule has 0 aliphatic rings. The molecule has 0 saturated heterocycles. The van der Waals surface area contributed by atoms with Crippen molar-refractivity contribution in [1.29, 1.82) is 0 Å². The van der Waals surface area contributed by atoms with Crippen molar-refractivity contribution in [2.75, 3.05) is 0 Å². The third-order valence-electron chi connectivity index (χ3n) is 2.77. The molecule has 18 heavy (non-hydrogen) atoms. The summed E-state index contributed by atoms with van der Waals surface area (Å²) in [5.74, 6) is 0. The largest absolute Gasteiger partial charge is 0.282 e. The number of hydrogen-bond acceptors (Lipinski definition) is 1. The van der Waals surface area contributed by atoms with Gasteiger partial charge in [-0.25, -0.2) is 0 Å². The van der Waals surface area contributed by atoms with Gasteiger partial charge in [-0.05, 0) is 33.1 Å². The van der Waals surface area contributed by atoms with Gasteiger partial charge in [0.1, 0.15) is 0 Å². The van der Waals surface area contributed by atoms with Gasteiger partial charge >= 0.3 is 0 Å². The van der Waals surface area contributed by atoms with Crippen molar-refractivity contribution >= 4 is 13.4 Å². The molecule has 0 heterocycles. The van der Waals surface area contributed by atoms with Crippen molar-refractivity contribution in [2.45, 2.75) is 58.9 Å². The summed E-state index contributed by atoms with van der Waals surface area (Å²) in [5.41, 5.74) is 4.00. The second kappa shape index (κ2) is 7.04. The fourth-order valence-corrected chi connectivity index (χ4v) is 5.19. The lowest BCUT2D eigenvalue weighted by atomic mass is 10.2. The van der Waals surface area contributed by atoms with E-state index in [2.05, 4.69) is 71.9 Å². The normalized spacial score (nSPS) is 13.1. The highest BCUT2D eigenvalue weighted by Crippen LogP contribution is 2.49. The molecule has 0 unspecified atom stereocenters. The Bertz CT molecular complexity index is 371. The average molecular weight is 263 g/mol. The summed E-state index contributed by atoms with van der Waals surface area (Å²) in [6.07, 6.45) is 0. The van der Waals surface area contributed by atoms with E-state index in [1.807, 2.05) is 0 Å². The molecular formula is C16H26NP. The van der Waals surface area contributed by atoms with Gasteiger partial charge in [0.2, 0.25) is 0 Å². The maximum Gasteiger partial charge on any atom is 0.0655 e. The van der Waals surface area contributed by atoms with Crippen LogP contribution in [0, 0.1) is 0 Å². The number of rotatable bonds is 5. The highest BCUT2D eigenvalue weighted by Gasteiger charge is 2.24. The number of nitrogens with zero attached hydrogens (tertiary/aromatic N) is 1. The van der Waals surface area contributed by atoms with Crippen molar-refractivity contribution in [3.63, 3.8) is 0 Å². The molecule has 0 saturated carbocycles. The summed E-state index contributed by atoms with van der Waals surface area (Å²) in [6, 6.07) is 11.0. The zero-order valence-electron chi connectivity index (χ0n) is 12.5. The molecule has 0 aromatic heterocycles. The third kappa shape index (κ3) is 4.21. The zero-order valence-corrected chi connectivity index (χ0v) is 13.4. The van der Waals surface area contributed by atoms with Crippen LogP contribution in [0.3, 0.4) is 0 Å². The zero-order chi connectivity index (χ0) is 13.7. The lowest BCUT2D eigenvalue weighted by molar-refractivity contribution is 0.838.